The molecule has 0 aromatic heterocycles. The van der Waals surface area contributed by atoms with Gasteiger partial charge in [-0.25, -0.2) is 0 Å². The van der Waals surface area contributed by atoms with Crippen LogP contribution in [-0.4, -0.2) is 19.8 Å². The Morgan fingerprint density at radius 3 is 2.50 bits per heavy atom. The molecule has 1 N–H and O–H groups in total. The first-order chi connectivity index (χ1) is 8.63. The molecule has 2 heteroatoms. The average Bonchev–Trinajstić information content (AvgIpc) is 2.35. The molecule has 0 fully saturated rings. The van der Waals surface area contributed by atoms with Crippen molar-refractivity contribution in [2.45, 2.75) is 46.1 Å². The van der Waals surface area contributed by atoms with E-state index in [0.717, 1.165) is 18.9 Å². The zero-order valence-electron chi connectivity index (χ0n) is 12.2. The summed E-state index contributed by atoms with van der Waals surface area (Å²) in [5, 5.41) is 3.62. The van der Waals surface area contributed by atoms with Gasteiger partial charge in [0.25, 0.3) is 0 Å². The van der Waals surface area contributed by atoms with Crippen molar-refractivity contribution in [1.29, 1.82) is 0 Å². The number of nitrogens with one attached hydrogen (secondary N) is 1. The molecule has 0 bridgehead atoms. The minimum absolute atomic E-state index is 0.524. The first-order valence-electron chi connectivity index (χ1n) is 6.97. The van der Waals surface area contributed by atoms with Crippen LogP contribution in [0.3, 0.4) is 0 Å². The Labute approximate surface area is 112 Å². The Bertz CT molecular complexity index is 336. The fourth-order valence-corrected chi connectivity index (χ4v) is 2.01. The Balaban J connectivity index is 2.54. The predicted octanol–water partition coefficient (Wildman–Crippen LogP) is 4.11. The molecule has 1 unspecified atom stereocenters. The van der Waals surface area contributed by atoms with Gasteiger partial charge in [-0.3, -0.25) is 0 Å². The van der Waals surface area contributed by atoms with Crippen molar-refractivity contribution < 1.29 is 4.74 Å². The summed E-state index contributed by atoms with van der Waals surface area (Å²) < 4.78 is 5.16. The van der Waals surface area contributed by atoms with Gasteiger partial charge in [0, 0.05) is 18.8 Å². The summed E-state index contributed by atoms with van der Waals surface area (Å²) in [4.78, 5) is 0. The summed E-state index contributed by atoms with van der Waals surface area (Å²) in [6.07, 6.45) is 3.46. The van der Waals surface area contributed by atoms with Gasteiger partial charge < -0.3 is 10.1 Å². The van der Waals surface area contributed by atoms with E-state index in [0.29, 0.717) is 6.04 Å². The van der Waals surface area contributed by atoms with E-state index < -0.39 is 0 Å². The standard InChI is InChI=1S/C16H27NO/c1-13(2)9-10-14(3)17-16-8-6-5-7-15(16)11-12-18-4/h5-8,13-14,17H,9-12H2,1-4H3. The summed E-state index contributed by atoms with van der Waals surface area (Å²) in [6.45, 7) is 7.59. The average molecular weight is 249 g/mol. The van der Waals surface area contributed by atoms with Crippen molar-refractivity contribution in [2.24, 2.45) is 5.92 Å². The SMILES string of the molecule is COCCc1ccccc1NC(C)CCC(C)C. The molecule has 0 saturated heterocycles. The van der Waals surface area contributed by atoms with Crippen molar-refractivity contribution in [3.8, 4) is 0 Å². The normalized spacial score (nSPS) is 12.7. The zero-order valence-corrected chi connectivity index (χ0v) is 12.2. The van der Waals surface area contributed by atoms with Gasteiger partial charge in [0.2, 0.25) is 0 Å². The fourth-order valence-electron chi connectivity index (χ4n) is 2.01. The molecule has 0 saturated carbocycles. The van der Waals surface area contributed by atoms with Crippen LogP contribution in [0.4, 0.5) is 5.69 Å². The number of hydrogen-bond acceptors (Lipinski definition) is 2. The summed E-state index contributed by atoms with van der Waals surface area (Å²) in [7, 11) is 1.75. The highest BCUT2D eigenvalue weighted by molar-refractivity contribution is 5.51. The lowest BCUT2D eigenvalue weighted by atomic mass is 10.0. The van der Waals surface area contributed by atoms with Gasteiger partial charge >= 0.3 is 0 Å². The molecular weight excluding hydrogens is 222 g/mol. The van der Waals surface area contributed by atoms with Gasteiger partial charge in [0.05, 0.1) is 6.61 Å². The highest BCUT2D eigenvalue weighted by Gasteiger charge is 2.06. The van der Waals surface area contributed by atoms with E-state index >= 15 is 0 Å². The highest BCUT2D eigenvalue weighted by atomic mass is 16.5. The van der Waals surface area contributed by atoms with Crippen molar-refractivity contribution in [2.75, 3.05) is 19.0 Å². The first kappa shape index (κ1) is 15.0. The third kappa shape index (κ3) is 5.54. The maximum atomic E-state index is 5.16. The molecule has 0 amide bonds. The fraction of sp³-hybridized carbons (Fsp3) is 0.625. The van der Waals surface area contributed by atoms with E-state index in [9.17, 15) is 0 Å². The van der Waals surface area contributed by atoms with E-state index in [4.69, 9.17) is 4.74 Å². The highest BCUT2D eigenvalue weighted by Crippen LogP contribution is 2.18. The number of rotatable bonds is 8. The third-order valence-corrected chi connectivity index (χ3v) is 3.17. The second-order valence-electron chi connectivity index (χ2n) is 5.42. The number of anilines is 1. The summed E-state index contributed by atoms with van der Waals surface area (Å²) in [5.74, 6) is 0.776. The second kappa shape index (κ2) is 8.15. The second-order valence-corrected chi connectivity index (χ2v) is 5.42. The molecule has 1 aromatic carbocycles. The topological polar surface area (TPSA) is 21.3 Å². The van der Waals surface area contributed by atoms with Crippen LogP contribution in [-0.2, 0) is 11.2 Å². The Hall–Kier alpha value is -1.02. The van der Waals surface area contributed by atoms with Gasteiger partial charge in [-0.05, 0) is 43.7 Å². The van der Waals surface area contributed by atoms with E-state index in [-0.39, 0.29) is 0 Å². The maximum absolute atomic E-state index is 5.16. The lowest BCUT2D eigenvalue weighted by Crippen LogP contribution is -2.17. The van der Waals surface area contributed by atoms with Crippen molar-refractivity contribution in [1.82, 2.24) is 0 Å². The van der Waals surface area contributed by atoms with E-state index in [2.05, 4.69) is 50.4 Å². The molecule has 102 valence electrons. The number of benzene rings is 1. The van der Waals surface area contributed by atoms with E-state index in [1.165, 1.54) is 24.1 Å². The van der Waals surface area contributed by atoms with Crippen LogP contribution in [0.25, 0.3) is 0 Å². The van der Waals surface area contributed by atoms with E-state index in [1.807, 2.05) is 0 Å². The van der Waals surface area contributed by atoms with Crippen molar-refractivity contribution in [3.05, 3.63) is 29.8 Å². The molecule has 0 spiro atoms. The number of methoxy groups -OCH3 is 1. The molecule has 0 aliphatic carbocycles. The Morgan fingerprint density at radius 2 is 1.83 bits per heavy atom. The third-order valence-electron chi connectivity index (χ3n) is 3.17. The smallest absolute Gasteiger partial charge is 0.0503 e. The van der Waals surface area contributed by atoms with Crippen LogP contribution < -0.4 is 5.32 Å². The molecule has 0 heterocycles. The van der Waals surface area contributed by atoms with Crippen LogP contribution in [0.5, 0.6) is 0 Å². The lowest BCUT2D eigenvalue weighted by molar-refractivity contribution is 0.202. The minimum atomic E-state index is 0.524. The Morgan fingerprint density at radius 1 is 1.11 bits per heavy atom. The molecule has 0 radical (unpaired) electrons. The van der Waals surface area contributed by atoms with Gasteiger partial charge in [-0.15, -0.1) is 0 Å². The molecule has 18 heavy (non-hydrogen) atoms. The van der Waals surface area contributed by atoms with Crippen LogP contribution in [0, 0.1) is 5.92 Å². The quantitative estimate of drug-likeness (QED) is 0.748. The molecule has 0 aliphatic rings. The molecule has 1 rings (SSSR count). The lowest BCUT2D eigenvalue weighted by Gasteiger charge is -2.19. The van der Waals surface area contributed by atoms with Gasteiger partial charge in [-0.1, -0.05) is 32.0 Å². The summed E-state index contributed by atoms with van der Waals surface area (Å²) in [6, 6.07) is 9.05. The molecular formula is C16H27NO. The zero-order chi connectivity index (χ0) is 13.4. The van der Waals surface area contributed by atoms with Crippen molar-refractivity contribution in [3.63, 3.8) is 0 Å². The summed E-state index contributed by atoms with van der Waals surface area (Å²) in [5.41, 5.74) is 2.60. The number of ether oxygens (including phenoxy) is 1. The molecule has 1 atom stereocenters. The van der Waals surface area contributed by atoms with Crippen LogP contribution in [0.1, 0.15) is 39.2 Å². The molecule has 1 aromatic rings. The number of hydrogen-bond donors (Lipinski definition) is 1. The van der Waals surface area contributed by atoms with Crippen LogP contribution in [0.15, 0.2) is 24.3 Å². The molecule has 0 aliphatic heterocycles. The van der Waals surface area contributed by atoms with Crippen molar-refractivity contribution >= 4 is 5.69 Å². The monoisotopic (exact) mass is 249 g/mol. The Kier molecular flexibility index (Phi) is 6.81. The predicted molar refractivity (Wildman–Crippen MR) is 79.2 cm³/mol. The maximum Gasteiger partial charge on any atom is 0.0503 e. The van der Waals surface area contributed by atoms with Crippen LogP contribution in [0.2, 0.25) is 0 Å². The van der Waals surface area contributed by atoms with E-state index in [1.54, 1.807) is 7.11 Å². The van der Waals surface area contributed by atoms with Gasteiger partial charge in [-0.2, -0.15) is 0 Å². The van der Waals surface area contributed by atoms with Gasteiger partial charge in [0.15, 0.2) is 0 Å². The van der Waals surface area contributed by atoms with Gasteiger partial charge in [0.1, 0.15) is 0 Å². The first-order valence-corrected chi connectivity index (χ1v) is 6.97. The summed E-state index contributed by atoms with van der Waals surface area (Å²) >= 11 is 0. The minimum Gasteiger partial charge on any atom is -0.384 e. The molecule has 2 nitrogen and oxygen atoms in total. The number of para-hydroxylation sites is 1. The largest absolute Gasteiger partial charge is 0.384 e. The van der Waals surface area contributed by atoms with Crippen LogP contribution >= 0.6 is 0 Å².